The van der Waals surface area contributed by atoms with Crippen LogP contribution < -0.4 is 17.3 Å². The van der Waals surface area contributed by atoms with Gasteiger partial charge in [-0.15, -0.1) is 0 Å². The van der Waals surface area contributed by atoms with Crippen molar-refractivity contribution in [3.63, 3.8) is 0 Å². The van der Waals surface area contributed by atoms with Crippen molar-refractivity contribution >= 4 is 28.2 Å². The molecule has 1 N–H and O–H groups in total. The van der Waals surface area contributed by atoms with Gasteiger partial charge in [-0.05, 0) is 76.0 Å². The van der Waals surface area contributed by atoms with Gasteiger partial charge in [-0.3, -0.25) is 0 Å². The minimum atomic E-state index is 0. The van der Waals surface area contributed by atoms with Crippen LogP contribution in [0.5, 0.6) is 0 Å². The predicted molar refractivity (Wildman–Crippen MR) is 101 cm³/mol. The molecular weight excluding hydrogens is 354 g/mol. The molecule has 2 fully saturated rings. The summed E-state index contributed by atoms with van der Waals surface area (Å²) >= 11 is 3.63. The minimum absolute atomic E-state index is 0. The van der Waals surface area contributed by atoms with Crippen LogP contribution in [0, 0.1) is 0 Å². The molecule has 4 rings (SSSR count). The van der Waals surface area contributed by atoms with Gasteiger partial charge in [0.05, 0.1) is 19.1 Å². The molecule has 4 heteroatoms. The first-order valence-electron chi connectivity index (χ1n) is 9.03. The second kappa shape index (κ2) is 8.66. The molecule has 1 nitrogen and oxygen atoms in total. The van der Waals surface area contributed by atoms with E-state index in [0.717, 1.165) is 6.04 Å². The zero-order valence-electron chi connectivity index (χ0n) is 14.1. The lowest BCUT2D eigenvalue weighted by molar-refractivity contribution is -0.929. The molecule has 1 aliphatic carbocycles. The van der Waals surface area contributed by atoms with Crippen LogP contribution in [-0.4, -0.2) is 19.1 Å². The maximum Gasteiger partial charge on any atom is 0.0874 e. The van der Waals surface area contributed by atoms with Crippen LogP contribution in [0.25, 0.3) is 5.57 Å². The normalized spacial score (nSPS) is 22.2. The van der Waals surface area contributed by atoms with E-state index in [1.165, 1.54) is 74.7 Å². The van der Waals surface area contributed by atoms with Crippen molar-refractivity contribution in [1.29, 1.82) is 0 Å². The third kappa shape index (κ3) is 3.96. The van der Waals surface area contributed by atoms with Crippen molar-refractivity contribution < 1.29 is 17.3 Å². The molecule has 2 aromatic rings. The zero-order chi connectivity index (χ0) is 15.5. The van der Waals surface area contributed by atoms with Crippen LogP contribution in [0.15, 0.2) is 39.2 Å². The molecule has 2 aliphatic rings. The van der Waals surface area contributed by atoms with Crippen molar-refractivity contribution in [2.24, 2.45) is 0 Å². The average molecular weight is 380 g/mol. The third-order valence-electron chi connectivity index (χ3n) is 5.65. The number of nitrogens with one attached hydrogen (secondary N) is 1. The Hall–Kier alpha value is -0.610. The summed E-state index contributed by atoms with van der Waals surface area (Å²) < 4.78 is 0. The SMILES string of the molecule is [Cl-].c1cc(C(=C2CC[NH+](C3CCCCC3)CC2)c2ccsc2)cs1. The van der Waals surface area contributed by atoms with Crippen molar-refractivity contribution in [2.45, 2.75) is 51.0 Å². The Balaban J connectivity index is 0.00000169. The smallest absolute Gasteiger partial charge is 0.0874 e. The summed E-state index contributed by atoms with van der Waals surface area (Å²) in [4.78, 5) is 1.89. The van der Waals surface area contributed by atoms with Gasteiger partial charge in [0, 0.05) is 12.8 Å². The highest BCUT2D eigenvalue weighted by Crippen LogP contribution is 2.33. The van der Waals surface area contributed by atoms with Crippen LogP contribution in [0.4, 0.5) is 0 Å². The first-order chi connectivity index (χ1) is 11.4. The molecule has 0 amide bonds. The number of halogens is 1. The maximum absolute atomic E-state index is 2.32. The van der Waals surface area contributed by atoms with Gasteiger partial charge in [-0.1, -0.05) is 12.0 Å². The fourth-order valence-corrected chi connectivity index (χ4v) is 5.72. The molecule has 1 saturated carbocycles. The largest absolute Gasteiger partial charge is 1.00 e. The van der Waals surface area contributed by atoms with Crippen LogP contribution in [0.1, 0.15) is 56.1 Å². The van der Waals surface area contributed by atoms with Crippen LogP contribution in [0.2, 0.25) is 0 Å². The third-order valence-corrected chi connectivity index (χ3v) is 7.02. The molecule has 0 radical (unpaired) electrons. The molecule has 0 unspecified atom stereocenters. The van der Waals surface area contributed by atoms with Crippen LogP contribution in [-0.2, 0) is 0 Å². The number of piperidine rings is 1. The molecule has 3 heterocycles. The Morgan fingerprint density at radius 2 is 1.46 bits per heavy atom. The Labute approximate surface area is 159 Å². The lowest BCUT2D eigenvalue weighted by atomic mass is 9.88. The summed E-state index contributed by atoms with van der Waals surface area (Å²) in [6.07, 6.45) is 9.90. The number of hydrogen-bond acceptors (Lipinski definition) is 2. The summed E-state index contributed by atoms with van der Waals surface area (Å²) in [5, 5.41) is 9.07. The topological polar surface area (TPSA) is 4.44 Å². The number of hydrogen-bond donors (Lipinski definition) is 1. The molecule has 0 bridgehead atoms. The van der Waals surface area contributed by atoms with Gasteiger partial charge in [-0.25, -0.2) is 0 Å². The van der Waals surface area contributed by atoms with E-state index in [4.69, 9.17) is 0 Å². The van der Waals surface area contributed by atoms with Gasteiger partial charge < -0.3 is 17.3 Å². The molecule has 0 aromatic carbocycles. The van der Waals surface area contributed by atoms with Crippen LogP contribution in [0.3, 0.4) is 0 Å². The van der Waals surface area contributed by atoms with Gasteiger partial charge in [-0.2, -0.15) is 22.7 Å². The van der Waals surface area contributed by atoms with Crippen LogP contribution >= 0.6 is 22.7 Å². The van der Waals surface area contributed by atoms with Crippen molar-refractivity contribution in [3.05, 3.63) is 50.4 Å². The molecule has 0 atom stereocenters. The van der Waals surface area contributed by atoms with E-state index in [9.17, 15) is 0 Å². The second-order valence-corrected chi connectivity index (χ2v) is 8.56. The van der Waals surface area contributed by atoms with E-state index in [1.807, 2.05) is 27.6 Å². The van der Waals surface area contributed by atoms with Crippen molar-refractivity contribution in [3.8, 4) is 0 Å². The molecule has 0 spiro atoms. The van der Waals surface area contributed by atoms with E-state index >= 15 is 0 Å². The fraction of sp³-hybridized carbons (Fsp3) is 0.500. The Morgan fingerprint density at radius 1 is 0.875 bits per heavy atom. The highest BCUT2D eigenvalue weighted by atomic mass is 35.5. The predicted octanol–water partition coefficient (Wildman–Crippen LogP) is 1.63. The number of rotatable bonds is 3. The van der Waals surface area contributed by atoms with Gasteiger partial charge in [0.1, 0.15) is 0 Å². The van der Waals surface area contributed by atoms with Gasteiger partial charge in [0.15, 0.2) is 0 Å². The number of likely N-dealkylation sites (tertiary alicyclic amines) is 1. The minimum Gasteiger partial charge on any atom is -1.00 e. The lowest BCUT2D eigenvalue weighted by Crippen LogP contribution is -3.16. The Morgan fingerprint density at radius 3 is 1.96 bits per heavy atom. The van der Waals surface area contributed by atoms with Gasteiger partial charge in [0.2, 0.25) is 0 Å². The fourth-order valence-electron chi connectivity index (χ4n) is 4.43. The maximum atomic E-state index is 2.32. The van der Waals surface area contributed by atoms with Crippen molar-refractivity contribution in [2.75, 3.05) is 13.1 Å². The van der Waals surface area contributed by atoms with E-state index in [-0.39, 0.29) is 12.4 Å². The molecule has 2 aromatic heterocycles. The van der Waals surface area contributed by atoms with Gasteiger partial charge >= 0.3 is 0 Å². The highest BCUT2D eigenvalue weighted by molar-refractivity contribution is 7.08. The summed E-state index contributed by atoms with van der Waals surface area (Å²) in [6, 6.07) is 5.55. The summed E-state index contributed by atoms with van der Waals surface area (Å²) in [6.45, 7) is 2.69. The number of quaternary nitrogens is 1. The Kier molecular flexibility index (Phi) is 6.56. The molecule has 130 valence electrons. The van der Waals surface area contributed by atoms with E-state index < -0.39 is 0 Å². The molecule has 24 heavy (non-hydrogen) atoms. The monoisotopic (exact) mass is 379 g/mol. The number of thiophene rings is 2. The first kappa shape index (κ1) is 18.2. The lowest BCUT2D eigenvalue weighted by Gasteiger charge is -2.35. The van der Waals surface area contributed by atoms with Gasteiger partial charge in [0.25, 0.3) is 0 Å². The van der Waals surface area contributed by atoms with E-state index in [1.54, 1.807) is 5.57 Å². The molecular formula is C20H26ClNS2. The summed E-state index contributed by atoms with van der Waals surface area (Å²) in [7, 11) is 0. The zero-order valence-corrected chi connectivity index (χ0v) is 16.5. The standard InChI is InChI=1S/C20H25NS2.ClH/c1-2-4-19(5-3-1)21-10-6-16(7-11-21)20(17-8-12-22-14-17)18-9-13-23-15-18;/h8-9,12-15,19H,1-7,10-11H2;1H. The first-order valence-corrected chi connectivity index (χ1v) is 10.9. The summed E-state index contributed by atoms with van der Waals surface area (Å²) in [5.41, 5.74) is 6.10. The van der Waals surface area contributed by atoms with Crippen molar-refractivity contribution in [1.82, 2.24) is 0 Å². The molecule has 1 aliphatic heterocycles. The second-order valence-electron chi connectivity index (χ2n) is 7.00. The van der Waals surface area contributed by atoms with E-state index in [2.05, 4.69) is 33.7 Å². The highest BCUT2D eigenvalue weighted by Gasteiger charge is 2.28. The molecule has 1 saturated heterocycles. The average Bonchev–Trinajstić information content (AvgIpc) is 3.31. The summed E-state index contributed by atoms with van der Waals surface area (Å²) in [5.74, 6) is 0. The Bertz CT molecular complexity index is 593. The quantitative estimate of drug-likeness (QED) is 0.826. The van der Waals surface area contributed by atoms with E-state index in [0.29, 0.717) is 0 Å².